The quantitative estimate of drug-likeness (QED) is 0.612. The van der Waals surface area contributed by atoms with Gasteiger partial charge in [0.25, 0.3) is 5.91 Å². The lowest BCUT2D eigenvalue weighted by molar-refractivity contribution is 0.0646. The number of aromatic hydroxyl groups is 1. The van der Waals surface area contributed by atoms with E-state index in [0.29, 0.717) is 60.7 Å². The van der Waals surface area contributed by atoms with Crippen molar-refractivity contribution in [3.63, 3.8) is 0 Å². The fourth-order valence-electron chi connectivity index (χ4n) is 3.77. The minimum absolute atomic E-state index is 0.0975. The Balaban J connectivity index is 1.59. The largest absolute Gasteiger partial charge is 0.508 e. The molecule has 1 aliphatic rings. The van der Waals surface area contributed by atoms with Crippen molar-refractivity contribution in [2.24, 2.45) is 0 Å². The molecule has 1 saturated heterocycles. The molecule has 1 aliphatic heterocycles. The number of phenols is 1. The van der Waals surface area contributed by atoms with Crippen molar-refractivity contribution in [2.75, 3.05) is 44.7 Å². The van der Waals surface area contributed by atoms with Gasteiger partial charge in [-0.05, 0) is 37.3 Å². The summed E-state index contributed by atoms with van der Waals surface area (Å²) in [6.45, 7) is 4.62. The van der Waals surface area contributed by atoms with E-state index < -0.39 is 9.84 Å². The Morgan fingerprint density at radius 2 is 1.84 bits per heavy atom. The van der Waals surface area contributed by atoms with Crippen molar-refractivity contribution in [3.8, 4) is 17.0 Å². The zero-order valence-electron chi connectivity index (χ0n) is 17.5. The number of sulfone groups is 1. The Bertz CT molecular complexity index is 1210. The summed E-state index contributed by atoms with van der Waals surface area (Å²) in [4.78, 5) is 21.9. The number of hydrogen-bond donors (Lipinski definition) is 2. The van der Waals surface area contributed by atoms with Crippen molar-refractivity contribution in [1.29, 1.82) is 0 Å². The SMILES string of the molecule is Cc1n[nH]c2nc(-c3ccc(O)cc3)cc(C(=O)N3CCN(CCS(C)(=O)=O)CC3)c12. The van der Waals surface area contributed by atoms with Crippen LogP contribution in [0.4, 0.5) is 0 Å². The fourth-order valence-corrected chi connectivity index (χ4v) is 4.36. The molecule has 3 heterocycles. The summed E-state index contributed by atoms with van der Waals surface area (Å²) in [6.07, 6.45) is 1.24. The summed E-state index contributed by atoms with van der Waals surface area (Å²) in [5, 5.41) is 17.4. The van der Waals surface area contributed by atoms with Gasteiger partial charge in [-0.1, -0.05) is 0 Å². The van der Waals surface area contributed by atoms with Gasteiger partial charge in [-0.25, -0.2) is 13.4 Å². The number of aryl methyl sites for hydroxylation is 1. The smallest absolute Gasteiger partial charge is 0.254 e. The average Bonchev–Trinajstić information content (AvgIpc) is 3.12. The maximum atomic E-state index is 13.4. The molecule has 0 aliphatic carbocycles. The summed E-state index contributed by atoms with van der Waals surface area (Å²) in [5.41, 5.74) is 3.18. The van der Waals surface area contributed by atoms with Crippen molar-refractivity contribution >= 4 is 26.8 Å². The van der Waals surface area contributed by atoms with Crippen molar-refractivity contribution < 1.29 is 18.3 Å². The number of fused-ring (bicyclic) bond motifs is 1. The van der Waals surface area contributed by atoms with Crippen LogP contribution in [0.3, 0.4) is 0 Å². The average molecular weight is 444 g/mol. The van der Waals surface area contributed by atoms with Crippen LogP contribution in [0.1, 0.15) is 16.1 Å². The minimum Gasteiger partial charge on any atom is -0.508 e. The van der Waals surface area contributed by atoms with Gasteiger partial charge in [0.15, 0.2) is 5.65 Å². The maximum Gasteiger partial charge on any atom is 0.254 e. The number of nitrogens with zero attached hydrogens (tertiary/aromatic N) is 4. The molecule has 9 nitrogen and oxygen atoms in total. The van der Waals surface area contributed by atoms with Gasteiger partial charge in [0.2, 0.25) is 0 Å². The molecule has 1 fully saturated rings. The van der Waals surface area contributed by atoms with Crippen LogP contribution in [0.2, 0.25) is 0 Å². The topological polar surface area (TPSA) is 119 Å². The highest BCUT2D eigenvalue weighted by Gasteiger charge is 2.26. The zero-order valence-corrected chi connectivity index (χ0v) is 18.3. The Morgan fingerprint density at radius 3 is 2.48 bits per heavy atom. The number of aromatic amines is 1. The first kappa shape index (κ1) is 21.3. The first-order valence-corrected chi connectivity index (χ1v) is 12.1. The number of amides is 1. The fraction of sp³-hybridized carbons (Fsp3) is 0.381. The molecule has 1 aromatic carbocycles. The first-order chi connectivity index (χ1) is 14.7. The van der Waals surface area contributed by atoms with Crippen LogP contribution in [-0.2, 0) is 9.84 Å². The Morgan fingerprint density at radius 1 is 1.16 bits per heavy atom. The minimum atomic E-state index is -3.01. The number of carbonyl (C=O) groups is 1. The molecule has 0 atom stereocenters. The highest BCUT2D eigenvalue weighted by Crippen LogP contribution is 2.28. The number of hydrogen-bond acceptors (Lipinski definition) is 7. The molecule has 31 heavy (non-hydrogen) atoms. The lowest BCUT2D eigenvalue weighted by Gasteiger charge is -2.34. The maximum absolute atomic E-state index is 13.4. The predicted octanol–water partition coefficient (Wildman–Crippen LogP) is 1.44. The second-order valence-corrected chi connectivity index (χ2v) is 10.2. The van der Waals surface area contributed by atoms with Gasteiger partial charge in [0.1, 0.15) is 15.6 Å². The molecule has 2 aromatic heterocycles. The summed E-state index contributed by atoms with van der Waals surface area (Å²) in [6, 6.07) is 8.44. The molecule has 2 N–H and O–H groups in total. The Hall–Kier alpha value is -2.98. The Labute approximate surface area is 180 Å². The molecule has 0 bridgehead atoms. The van der Waals surface area contributed by atoms with E-state index in [9.17, 15) is 18.3 Å². The third-order valence-electron chi connectivity index (χ3n) is 5.54. The van der Waals surface area contributed by atoms with E-state index in [4.69, 9.17) is 0 Å². The van der Waals surface area contributed by atoms with E-state index in [0.717, 1.165) is 5.56 Å². The number of carbonyl (C=O) groups excluding carboxylic acids is 1. The molecule has 1 amide bonds. The summed E-state index contributed by atoms with van der Waals surface area (Å²) < 4.78 is 22.8. The molecule has 0 unspecified atom stereocenters. The first-order valence-electron chi connectivity index (χ1n) is 10.1. The highest BCUT2D eigenvalue weighted by molar-refractivity contribution is 7.90. The molecule has 0 spiro atoms. The van der Waals surface area contributed by atoms with E-state index in [1.54, 1.807) is 35.2 Å². The lowest BCUT2D eigenvalue weighted by Crippen LogP contribution is -2.49. The molecule has 3 aromatic rings. The van der Waals surface area contributed by atoms with Crippen LogP contribution in [-0.4, -0.2) is 89.1 Å². The standard InChI is InChI=1S/C21H25N5O4S/c1-14-19-17(21(28)26-9-7-25(8-10-26)11-12-31(2,29)30)13-18(22-20(19)24-23-14)15-3-5-16(27)6-4-15/h3-6,13,27H,7-12H2,1-2H3,(H,22,23,24). The third kappa shape index (κ3) is 4.70. The van der Waals surface area contributed by atoms with Crippen LogP contribution in [0.15, 0.2) is 30.3 Å². The molecule has 0 saturated carbocycles. The van der Waals surface area contributed by atoms with Crippen LogP contribution < -0.4 is 0 Å². The van der Waals surface area contributed by atoms with E-state index in [1.807, 2.05) is 6.92 Å². The number of rotatable bonds is 5. The van der Waals surface area contributed by atoms with Crippen LogP contribution >= 0.6 is 0 Å². The molecule has 4 rings (SSSR count). The lowest BCUT2D eigenvalue weighted by atomic mass is 10.0. The van der Waals surface area contributed by atoms with E-state index in [2.05, 4.69) is 20.1 Å². The van der Waals surface area contributed by atoms with Crippen LogP contribution in [0.5, 0.6) is 5.75 Å². The number of phenolic OH excluding ortho intramolecular Hbond substituents is 1. The molecule has 164 valence electrons. The van der Waals surface area contributed by atoms with Gasteiger partial charge >= 0.3 is 0 Å². The number of piperazine rings is 1. The monoisotopic (exact) mass is 443 g/mol. The third-order valence-corrected chi connectivity index (χ3v) is 6.47. The summed E-state index contributed by atoms with van der Waals surface area (Å²) >= 11 is 0. The number of nitrogens with one attached hydrogen (secondary N) is 1. The summed E-state index contributed by atoms with van der Waals surface area (Å²) in [5.74, 6) is 0.183. The van der Waals surface area contributed by atoms with Crippen molar-refractivity contribution in [1.82, 2.24) is 25.0 Å². The predicted molar refractivity (Wildman–Crippen MR) is 118 cm³/mol. The van der Waals surface area contributed by atoms with Gasteiger partial charge in [0, 0.05) is 44.5 Å². The number of aromatic nitrogens is 3. The number of H-pyrrole nitrogens is 1. The number of benzene rings is 1. The van der Waals surface area contributed by atoms with Gasteiger partial charge in [-0.3, -0.25) is 14.8 Å². The summed E-state index contributed by atoms with van der Waals surface area (Å²) in [7, 11) is -3.01. The highest BCUT2D eigenvalue weighted by atomic mass is 32.2. The molecular formula is C21H25N5O4S. The zero-order chi connectivity index (χ0) is 22.2. The second-order valence-electron chi connectivity index (χ2n) is 7.90. The van der Waals surface area contributed by atoms with Gasteiger partial charge in [-0.15, -0.1) is 0 Å². The van der Waals surface area contributed by atoms with Gasteiger partial charge < -0.3 is 10.0 Å². The molecule has 0 radical (unpaired) electrons. The van der Waals surface area contributed by atoms with E-state index in [-0.39, 0.29) is 17.4 Å². The normalized spacial score (nSPS) is 15.5. The number of pyridine rings is 1. The Kier molecular flexibility index (Phi) is 5.67. The second kappa shape index (κ2) is 8.27. The van der Waals surface area contributed by atoms with Crippen molar-refractivity contribution in [2.45, 2.75) is 6.92 Å². The van der Waals surface area contributed by atoms with Crippen LogP contribution in [0.25, 0.3) is 22.3 Å². The van der Waals surface area contributed by atoms with E-state index >= 15 is 0 Å². The van der Waals surface area contributed by atoms with Crippen LogP contribution in [0, 0.1) is 6.92 Å². The molecular weight excluding hydrogens is 418 g/mol. The van der Waals surface area contributed by atoms with Gasteiger partial charge in [-0.2, -0.15) is 5.10 Å². The van der Waals surface area contributed by atoms with E-state index in [1.165, 1.54) is 6.26 Å². The molecule has 10 heteroatoms. The van der Waals surface area contributed by atoms with Gasteiger partial charge in [0.05, 0.1) is 28.1 Å². The van der Waals surface area contributed by atoms with Crippen molar-refractivity contribution in [3.05, 3.63) is 41.6 Å².